The van der Waals surface area contributed by atoms with E-state index in [2.05, 4.69) is 22.3 Å². The molecule has 3 nitrogen and oxygen atoms in total. The second kappa shape index (κ2) is 9.25. The molecule has 1 aliphatic rings. The maximum absolute atomic E-state index is 6.36. The minimum absolute atomic E-state index is 0.172. The van der Waals surface area contributed by atoms with E-state index in [9.17, 15) is 0 Å². The summed E-state index contributed by atoms with van der Waals surface area (Å²) in [7, 11) is 0. The van der Waals surface area contributed by atoms with Crippen LogP contribution < -0.4 is 16.2 Å². The molecule has 2 aromatic carbocycles. The van der Waals surface area contributed by atoms with Gasteiger partial charge < -0.3 is 9.97 Å². The molecule has 0 unspecified atom stereocenters. The lowest BCUT2D eigenvalue weighted by Crippen LogP contribution is -2.48. The summed E-state index contributed by atoms with van der Waals surface area (Å²) in [5.74, 6) is 0. The van der Waals surface area contributed by atoms with Crippen molar-refractivity contribution in [3.8, 4) is 0 Å². The van der Waals surface area contributed by atoms with Crippen LogP contribution in [0.2, 0.25) is 10.0 Å². The maximum atomic E-state index is 6.36. The molecular formula is C20H25BCl2N2O. The zero-order valence-electron chi connectivity index (χ0n) is 15.4. The van der Waals surface area contributed by atoms with Crippen LogP contribution >= 0.6 is 23.2 Å². The van der Waals surface area contributed by atoms with Crippen LogP contribution in [-0.2, 0) is 4.65 Å². The third kappa shape index (κ3) is 5.02. The zero-order valence-corrected chi connectivity index (χ0v) is 16.9. The SMILES string of the molecule is Cc1ccc(B(OCCN2CCNCC2)c2ccc(C)c(Cl)c2)cc1Cl. The van der Waals surface area contributed by atoms with Gasteiger partial charge in [-0.3, -0.25) is 4.90 Å². The first-order valence-corrected chi connectivity index (χ1v) is 9.87. The zero-order chi connectivity index (χ0) is 18.5. The normalized spacial score (nSPS) is 15.2. The highest BCUT2D eigenvalue weighted by molar-refractivity contribution is 6.80. The summed E-state index contributed by atoms with van der Waals surface area (Å²) in [6.45, 7) is 9.67. The predicted molar refractivity (Wildman–Crippen MR) is 113 cm³/mol. The Morgan fingerprint density at radius 2 is 1.50 bits per heavy atom. The summed E-state index contributed by atoms with van der Waals surface area (Å²) in [5.41, 5.74) is 4.25. The minimum atomic E-state index is -0.172. The van der Waals surface area contributed by atoms with Gasteiger partial charge in [0.1, 0.15) is 0 Å². The second-order valence-electron chi connectivity index (χ2n) is 6.86. The monoisotopic (exact) mass is 390 g/mol. The Morgan fingerprint density at radius 1 is 0.962 bits per heavy atom. The van der Waals surface area contributed by atoms with Crippen LogP contribution in [0.5, 0.6) is 0 Å². The number of rotatable bonds is 6. The summed E-state index contributed by atoms with van der Waals surface area (Å²) in [6, 6.07) is 12.3. The molecule has 0 atom stereocenters. The largest absolute Gasteiger partial charge is 0.426 e. The number of piperazine rings is 1. The average molecular weight is 391 g/mol. The number of hydrogen-bond acceptors (Lipinski definition) is 3. The van der Waals surface area contributed by atoms with E-state index >= 15 is 0 Å². The third-order valence-corrected chi connectivity index (χ3v) is 5.71. The summed E-state index contributed by atoms with van der Waals surface area (Å²) in [5, 5.41) is 4.90. The van der Waals surface area contributed by atoms with Crippen LogP contribution in [0.3, 0.4) is 0 Å². The molecule has 26 heavy (non-hydrogen) atoms. The van der Waals surface area contributed by atoms with Crippen LogP contribution in [0.15, 0.2) is 36.4 Å². The molecule has 0 aromatic heterocycles. The fourth-order valence-electron chi connectivity index (χ4n) is 3.16. The molecule has 0 amide bonds. The lowest BCUT2D eigenvalue weighted by Gasteiger charge is -2.27. The van der Waals surface area contributed by atoms with Crippen LogP contribution in [-0.4, -0.2) is 51.1 Å². The van der Waals surface area contributed by atoms with Gasteiger partial charge in [0.2, 0.25) is 0 Å². The van der Waals surface area contributed by atoms with Crippen molar-refractivity contribution in [3.63, 3.8) is 0 Å². The van der Waals surface area contributed by atoms with Crippen molar-refractivity contribution in [1.29, 1.82) is 0 Å². The van der Waals surface area contributed by atoms with Crippen molar-refractivity contribution < 1.29 is 4.65 Å². The van der Waals surface area contributed by atoms with Gasteiger partial charge in [0.25, 0.3) is 0 Å². The molecule has 0 aliphatic carbocycles. The molecule has 1 heterocycles. The number of aryl methyl sites for hydroxylation is 2. The Hall–Kier alpha value is -1.04. The van der Waals surface area contributed by atoms with Crippen LogP contribution in [0.4, 0.5) is 0 Å². The van der Waals surface area contributed by atoms with Crippen molar-refractivity contribution in [2.75, 3.05) is 39.3 Å². The Morgan fingerprint density at radius 3 is 2.00 bits per heavy atom. The summed E-state index contributed by atoms with van der Waals surface area (Å²) in [4.78, 5) is 2.43. The van der Waals surface area contributed by atoms with Gasteiger partial charge in [-0.2, -0.15) is 0 Å². The van der Waals surface area contributed by atoms with E-state index in [-0.39, 0.29) is 6.92 Å². The molecule has 1 N–H and O–H groups in total. The second-order valence-corrected chi connectivity index (χ2v) is 7.67. The molecule has 0 radical (unpaired) electrons. The first-order chi connectivity index (χ1) is 12.5. The van der Waals surface area contributed by atoms with Crippen LogP contribution in [0.25, 0.3) is 0 Å². The van der Waals surface area contributed by atoms with Crippen molar-refractivity contribution in [1.82, 2.24) is 10.2 Å². The molecule has 6 heteroatoms. The molecule has 1 aliphatic heterocycles. The fraction of sp³-hybridized carbons (Fsp3) is 0.400. The summed E-state index contributed by atoms with van der Waals surface area (Å²) >= 11 is 12.7. The minimum Gasteiger partial charge on any atom is -0.426 e. The number of halogens is 2. The summed E-state index contributed by atoms with van der Waals surface area (Å²) in [6.07, 6.45) is 0. The molecule has 138 valence electrons. The van der Waals surface area contributed by atoms with E-state index in [1.165, 1.54) is 0 Å². The van der Waals surface area contributed by atoms with Gasteiger partial charge in [0.05, 0.1) is 0 Å². The first-order valence-electron chi connectivity index (χ1n) is 9.11. The quantitative estimate of drug-likeness (QED) is 0.767. The van der Waals surface area contributed by atoms with Gasteiger partial charge in [-0.15, -0.1) is 0 Å². The topological polar surface area (TPSA) is 24.5 Å². The van der Waals surface area contributed by atoms with E-state index in [1.54, 1.807) is 0 Å². The van der Waals surface area contributed by atoms with E-state index < -0.39 is 0 Å². The standard InChI is InChI=1S/C20H25BCl2N2O/c1-15-3-5-17(13-19(15)22)21(18-6-4-16(2)20(23)14-18)26-12-11-25-9-7-24-8-10-25/h3-6,13-14,24H,7-12H2,1-2H3. The molecule has 3 rings (SSSR count). The van der Waals surface area contributed by atoms with E-state index in [1.807, 2.05) is 38.1 Å². The van der Waals surface area contributed by atoms with Gasteiger partial charge in [-0.1, -0.05) is 47.5 Å². The Labute approximate surface area is 166 Å². The smallest absolute Gasteiger partial charge is 0.361 e. The highest BCUT2D eigenvalue weighted by Gasteiger charge is 2.23. The van der Waals surface area contributed by atoms with Crippen LogP contribution in [0, 0.1) is 13.8 Å². The van der Waals surface area contributed by atoms with Gasteiger partial charge in [0, 0.05) is 49.4 Å². The molecular weight excluding hydrogens is 366 g/mol. The van der Waals surface area contributed by atoms with Crippen molar-refractivity contribution in [3.05, 3.63) is 57.6 Å². The lowest BCUT2D eigenvalue weighted by molar-refractivity contribution is 0.194. The Balaban J connectivity index is 1.78. The van der Waals surface area contributed by atoms with Gasteiger partial charge in [-0.25, -0.2) is 0 Å². The van der Waals surface area contributed by atoms with E-state index in [0.717, 1.165) is 64.8 Å². The molecule has 1 saturated heterocycles. The first kappa shape index (κ1) is 19.7. The molecule has 0 bridgehead atoms. The molecule has 0 spiro atoms. The van der Waals surface area contributed by atoms with Gasteiger partial charge >= 0.3 is 6.92 Å². The van der Waals surface area contributed by atoms with Gasteiger partial charge in [0.15, 0.2) is 0 Å². The third-order valence-electron chi connectivity index (χ3n) is 4.90. The van der Waals surface area contributed by atoms with Crippen molar-refractivity contribution in [2.24, 2.45) is 0 Å². The highest BCUT2D eigenvalue weighted by Crippen LogP contribution is 2.15. The van der Waals surface area contributed by atoms with Crippen molar-refractivity contribution >= 4 is 41.0 Å². The predicted octanol–water partition coefficient (Wildman–Crippen LogP) is 2.64. The number of benzene rings is 2. The van der Waals surface area contributed by atoms with Gasteiger partial charge in [-0.05, 0) is 48.0 Å². The molecule has 1 fully saturated rings. The average Bonchev–Trinajstić information content (AvgIpc) is 2.65. The van der Waals surface area contributed by atoms with Crippen molar-refractivity contribution in [2.45, 2.75) is 13.8 Å². The van der Waals surface area contributed by atoms with E-state index in [4.69, 9.17) is 27.9 Å². The fourth-order valence-corrected chi connectivity index (χ4v) is 3.54. The number of hydrogen-bond donors (Lipinski definition) is 1. The summed E-state index contributed by atoms with van der Waals surface area (Å²) < 4.78 is 6.33. The lowest BCUT2D eigenvalue weighted by atomic mass is 9.55. The Bertz CT molecular complexity index is 699. The number of nitrogens with zero attached hydrogens (tertiary/aromatic N) is 1. The van der Waals surface area contributed by atoms with Crippen LogP contribution in [0.1, 0.15) is 11.1 Å². The molecule has 2 aromatic rings. The number of nitrogens with one attached hydrogen (secondary N) is 1. The Kier molecular flexibility index (Phi) is 7.02. The molecule has 0 saturated carbocycles. The van der Waals surface area contributed by atoms with E-state index in [0.29, 0.717) is 6.61 Å². The maximum Gasteiger partial charge on any atom is 0.361 e. The highest BCUT2D eigenvalue weighted by atomic mass is 35.5.